The fourth-order valence-corrected chi connectivity index (χ4v) is 3.94. The molecular weight excluding hydrogens is 350 g/mol. The maximum Gasteiger partial charge on any atom is 0.255 e. The molecule has 1 aromatic heterocycles. The fourth-order valence-electron chi connectivity index (χ4n) is 3.31. The van der Waals surface area contributed by atoms with Crippen LogP contribution >= 0.6 is 23.7 Å². The van der Waals surface area contributed by atoms with Gasteiger partial charge in [0.15, 0.2) is 0 Å². The molecule has 2 aliphatic rings. The summed E-state index contributed by atoms with van der Waals surface area (Å²) < 4.78 is 5.62. The number of thiophene rings is 1. The van der Waals surface area contributed by atoms with Gasteiger partial charge in [0.1, 0.15) is 5.60 Å². The summed E-state index contributed by atoms with van der Waals surface area (Å²) in [5, 5.41) is 7.05. The zero-order chi connectivity index (χ0) is 16.3. The number of hydrogen-bond acceptors (Lipinski definition) is 5. The standard InChI is InChI=1S/C16H23N3O3S.ClH/c1-22-16(3-5-17-6-4-16)15(21)19-9-7-18(8-10-19)14(20)13-2-11-23-12-13;/h2,11-12,17H,3-10H2,1H3;1H. The molecule has 0 atom stereocenters. The van der Waals surface area contributed by atoms with E-state index in [4.69, 9.17) is 4.74 Å². The lowest BCUT2D eigenvalue weighted by Crippen LogP contribution is -2.59. The van der Waals surface area contributed by atoms with Crippen LogP contribution in [0.25, 0.3) is 0 Å². The van der Waals surface area contributed by atoms with E-state index in [9.17, 15) is 9.59 Å². The second-order valence-corrected chi connectivity index (χ2v) is 6.82. The zero-order valence-corrected chi connectivity index (χ0v) is 15.5. The summed E-state index contributed by atoms with van der Waals surface area (Å²) in [5.74, 6) is 0.130. The molecule has 134 valence electrons. The van der Waals surface area contributed by atoms with Crippen molar-refractivity contribution in [1.29, 1.82) is 0 Å². The van der Waals surface area contributed by atoms with Gasteiger partial charge in [-0.2, -0.15) is 11.3 Å². The van der Waals surface area contributed by atoms with Crippen molar-refractivity contribution in [3.05, 3.63) is 22.4 Å². The van der Waals surface area contributed by atoms with Gasteiger partial charge >= 0.3 is 0 Å². The summed E-state index contributed by atoms with van der Waals surface area (Å²) in [4.78, 5) is 28.9. The van der Waals surface area contributed by atoms with Crippen LogP contribution in [0.1, 0.15) is 23.2 Å². The van der Waals surface area contributed by atoms with Crippen LogP contribution in [0.2, 0.25) is 0 Å². The van der Waals surface area contributed by atoms with Gasteiger partial charge in [-0.3, -0.25) is 9.59 Å². The van der Waals surface area contributed by atoms with Crippen LogP contribution in [0.5, 0.6) is 0 Å². The number of amides is 2. The molecule has 24 heavy (non-hydrogen) atoms. The molecule has 2 saturated heterocycles. The number of carbonyl (C=O) groups excluding carboxylic acids is 2. The summed E-state index contributed by atoms with van der Waals surface area (Å²) in [6.45, 7) is 3.92. The van der Waals surface area contributed by atoms with Crippen LogP contribution in [-0.4, -0.2) is 73.6 Å². The minimum absolute atomic E-state index is 0. The molecule has 3 heterocycles. The van der Waals surface area contributed by atoms with Gasteiger partial charge in [-0.05, 0) is 37.4 Å². The second-order valence-electron chi connectivity index (χ2n) is 6.04. The quantitative estimate of drug-likeness (QED) is 0.865. The third kappa shape index (κ3) is 3.74. The van der Waals surface area contributed by atoms with Crippen molar-refractivity contribution in [1.82, 2.24) is 15.1 Å². The first kappa shape index (κ1) is 19.2. The Morgan fingerprint density at radius 2 is 1.79 bits per heavy atom. The first-order chi connectivity index (χ1) is 11.2. The van der Waals surface area contributed by atoms with Crippen LogP contribution in [0.15, 0.2) is 16.8 Å². The van der Waals surface area contributed by atoms with Gasteiger partial charge in [0.05, 0.1) is 5.56 Å². The first-order valence-electron chi connectivity index (χ1n) is 8.03. The Bertz CT molecular complexity index is 553. The number of rotatable bonds is 3. The van der Waals surface area contributed by atoms with Crippen molar-refractivity contribution in [2.45, 2.75) is 18.4 Å². The molecule has 0 spiro atoms. The highest BCUT2D eigenvalue weighted by atomic mass is 35.5. The van der Waals surface area contributed by atoms with Crippen LogP contribution in [0, 0.1) is 0 Å². The molecule has 2 amide bonds. The number of carbonyl (C=O) groups is 2. The largest absolute Gasteiger partial charge is 0.368 e. The van der Waals surface area contributed by atoms with E-state index in [0.29, 0.717) is 39.0 Å². The summed E-state index contributed by atoms with van der Waals surface area (Å²) in [6.07, 6.45) is 1.41. The van der Waals surface area contributed by atoms with Crippen LogP contribution < -0.4 is 5.32 Å². The van der Waals surface area contributed by atoms with E-state index in [2.05, 4.69) is 5.32 Å². The molecular formula is C16H24ClN3O3S. The van der Waals surface area contributed by atoms with Gasteiger partial charge in [-0.1, -0.05) is 0 Å². The predicted octanol–water partition coefficient (Wildman–Crippen LogP) is 1.22. The van der Waals surface area contributed by atoms with Crippen molar-refractivity contribution < 1.29 is 14.3 Å². The molecule has 0 bridgehead atoms. The van der Waals surface area contributed by atoms with E-state index >= 15 is 0 Å². The lowest BCUT2D eigenvalue weighted by atomic mass is 9.90. The van der Waals surface area contributed by atoms with Gasteiger partial charge < -0.3 is 19.9 Å². The van der Waals surface area contributed by atoms with Crippen molar-refractivity contribution in [3.8, 4) is 0 Å². The van der Waals surface area contributed by atoms with E-state index in [1.807, 2.05) is 26.6 Å². The van der Waals surface area contributed by atoms with Crippen molar-refractivity contribution in [2.75, 3.05) is 46.4 Å². The minimum Gasteiger partial charge on any atom is -0.368 e. The summed E-state index contributed by atoms with van der Waals surface area (Å²) in [6, 6.07) is 1.85. The molecule has 0 unspecified atom stereocenters. The molecule has 0 radical (unpaired) electrons. The number of ether oxygens (including phenoxy) is 1. The average molecular weight is 374 g/mol. The Morgan fingerprint density at radius 1 is 1.17 bits per heavy atom. The number of piperidine rings is 1. The Balaban J connectivity index is 0.00000208. The highest BCUT2D eigenvalue weighted by Gasteiger charge is 2.43. The molecule has 1 N–H and O–H groups in total. The Hall–Kier alpha value is -1.15. The SMILES string of the molecule is COC1(C(=O)N2CCN(C(=O)c3ccsc3)CC2)CCNCC1.Cl. The number of piperazine rings is 1. The topological polar surface area (TPSA) is 61.9 Å². The van der Waals surface area contributed by atoms with Crippen LogP contribution in [0.3, 0.4) is 0 Å². The molecule has 2 aliphatic heterocycles. The Morgan fingerprint density at radius 3 is 2.33 bits per heavy atom. The molecule has 6 nitrogen and oxygen atoms in total. The Kier molecular flexibility index (Phi) is 6.62. The van der Waals surface area contributed by atoms with E-state index in [1.165, 1.54) is 11.3 Å². The molecule has 1 aromatic rings. The normalized spacial score (nSPS) is 20.4. The monoisotopic (exact) mass is 373 g/mol. The van der Waals surface area contributed by atoms with Crippen molar-refractivity contribution >= 4 is 35.6 Å². The van der Waals surface area contributed by atoms with Gasteiger partial charge in [0.25, 0.3) is 11.8 Å². The number of nitrogens with one attached hydrogen (secondary N) is 1. The highest BCUT2D eigenvalue weighted by molar-refractivity contribution is 7.08. The smallest absolute Gasteiger partial charge is 0.255 e. The lowest BCUT2D eigenvalue weighted by molar-refractivity contribution is -0.159. The van der Waals surface area contributed by atoms with Crippen molar-refractivity contribution in [2.24, 2.45) is 0 Å². The average Bonchev–Trinajstić information content (AvgIpc) is 3.16. The Labute approximate surface area is 152 Å². The molecule has 2 fully saturated rings. The molecule has 8 heteroatoms. The molecule has 0 aliphatic carbocycles. The third-order valence-electron chi connectivity index (χ3n) is 4.81. The third-order valence-corrected chi connectivity index (χ3v) is 5.50. The predicted molar refractivity (Wildman–Crippen MR) is 95.9 cm³/mol. The highest BCUT2D eigenvalue weighted by Crippen LogP contribution is 2.26. The second kappa shape index (κ2) is 8.29. The van der Waals surface area contributed by atoms with Crippen molar-refractivity contribution in [3.63, 3.8) is 0 Å². The maximum atomic E-state index is 12.9. The number of halogens is 1. The molecule has 0 saturated carbocycles. The van der Waals surface area contributed by atoms with E-state index in [-0.39, 0.29) is 24.2 Å². The summed E-state index contributed by atoms with van der Waals surface area (Å²) >= 11 is 1.52. The first-order valence-corrected chi connectivity index (χ1v) is 8.97. The van der Waals surface area contributed by atoms with Crippen LogP contribution in [-0.2, 0) is 9.53 Å². The molecule has 0 aromatic carbocycles. The van der Waals surface area contributed by atoms with E-state index < -0.39 is 5.60 Å². The summed E-state index contributed by atoms with van der Waals surface area (Å²) in [5.41, 5.74) is 0.0478. The van der Waals surface area contributed by atoms with Gasteiger partial charge in [0.2, 0.25) is 0 Å². The number of methoxy groups -OCH3 is 1. The zero-order valence-electron chi connectivity index (χ0n) is 13.8. The maximum absolute atomic E-state index is 12.9. The lowest BCUT2D eigenvalue weighted by Gasteiger charge is -2.42. The fraction of sp³-hybridized carbons (Fsp3) is 0.625. The molecule has 3 rings (SSSR count). The number of nitrogens with zero attached hydrogens (tertiary/aromatic N) is 2. The van der Waals surface area contributed by atoms with E-state index in [1.54, 1.807) is 7.11 Å². The van der Waals surface area contributed by atoms with E-state index in [0.717, 1.165) is 18.7 Å². The van der Waals surface area contributed by atoms with Crippen LogP contribution in [0.4, 0.5) is 0 Å². The minimum atomic E-state index is -0.690. The number of hydrogen-bond donors (Lipinski definition) is 1. The summed E-state index contributed by atoms with van der Waals surface area (Å²) in [7, 11) is 1.62. The van der Waals surface area contributed by atoms with Gasteiger partial charge in [-0.15, -0.1) is 12.4 Å². The van der Waals surface area contributed by atoms with Gasteiger partial charge in [-0.25, -0.2) is 0 Å². The van der Waals surface area contributed by atoms with Gasteiger partial charge in [0, 0.05) is 38.7 Å².